The molecule has 1 amide bonds. The van der Waals surface area contributed by atoms with E-state index < -0.39 is 12.1 Å². The van der Waals surface area contributed by atoms with Crippen LogP contribution in [-0.4, -0.2) is 23.6 Å². The van der Waals surface area contributed by atoms with Gasteiger partial charge in [-0.15, -0.1) is 12.4 Å². The molecule has 0 bridgehead atoms. The number of carbonyl (C=O) groups excluding carboxylic acids is 1. The van der Waals surface area contributed by atoms with Gasteiger partial charge in [0, 0.05) is 6.54 Å². The molecule has 4 N–H and O–H groups in total. The molecule has 0 radical (unpaired) electrons. The zero-order valence-electron chi connectivity index (χ0n) is 15.0. The zero-order valence-corrected chi connectivity index (χ0v) is 15.8. The molecule has 1 aromatic carbocycles. The Hall–Kier alpha value is -1.10. The molecule has 2 atom stereocenters. The maximum absolute atomic E-state index is 12.0. The Balaban J connectivity index is 0.00000484. The summed E-state index contributed by atoms with van der Waals surface area (Å²) in [4.78, 5) is 12.0. The van der Waals surface area contributed by atoms with Gasteiger partial charge in [-0.3, -0.25) is 4.79 Å². The lowest BCUT2D eigenvalue weighted by atomic mass is 9.86. The maximum atomic E-state index is 12.0. The highest BCUT2D eigenvalue weighted by molar-refractivity contribution is 5.85. The smallest absolute Gasteiger partial charge is 0.237 e. The van der Waals surface area contributed by atoms with Crippen LogP contribution < -0.4 is 11.1 Å². The van der Waals surface area contributed by atoms with Crippen LogP contribution in [0.25, 0.3) is 0 Å². The number of hydrogen-bond acceptors (Lipinski definition) is 3. The minimum absolute atomic E-state index is 0. The second-order valence-electron chi connectivity index (χ2n) is 7.98. The molecular formula is C18H31ClN2O2. The minimum Gasteiger partial charge on any atom is -0.387 e. The van der Waals surface area contributed by atoms with E-state index in [1.807, 2.05) is 45.0 Å². The van der Waals surface area contributed by atoms with Crippen molar-refractivity contribution < 1.29 is 9.90 Å². The fourth-order valence-corrected chi connectivity index (χ4v) is 2.02. The molecule has 5 heteroatoms. The molecule has 132 valence electrons. The summed E-state index contributed by atoms with van der Waals surface area (Å²) in [5.41, 5.74) is 7.67. The van der Waals surface area contributed by atoms with Gasteiger partial charge in [0.1, 0.15) is 0 Å². The average Bonchev–Trinajstić information content (AvgIpc) is 2.41. The van der Waals surface area contributed by atoms with E-state index in [1.54, 1.807) is 0 Å². The quantitative estimate of drug-likeness (QED) is 0.787. The van der Waals surface area contributed by atoms with Crippen molar-refractivity contribution in [2.24, 2.45) is 11.1 Å². The van der Waals surface area contributed by atoms with Crippen molar-refractivity contribution in [2.75, 3.05) is 6.54 Å². The largest absolute Gasteiger partial charge is 0.387 e. The first kappa shape index (κ1) is 21.9. The number of nitrogens with two attached hydrogens (primary N) is 1. The SMILES string of the molecule is CC(C)(C)c1ccc(C(O)CNC(=O)[C@@H](N)C(C)(C)C)cc1.Cl. The van der Waals surface area contributed by atoms with Crippen LogP contribution in [0.2, 0.25) is 0 Å². The molecular weight excluding hydrogens is 312 g/mol. The molecule has 0 heterocycles. The summed E-state index contributed by atoms with van der Waals surface area (Å²) < 4.78 is 0. The van der Waals surface area contributed by atoms with Crippen molar-refractivity contribution >= 4 is 18.3 Å². The van der Waals surface area contributed by atoms with Gasteiger partial charge in [-0.1, -0.05) is 65.8 Å². The second-order valence-corrected chi connectivity index (χ2v) is 7.98. The summed E-state index contributed by atoms with van der Waals surface area (Å²) in [6.45, 7) is 12.3. The number of amides is 1. The first-order valence-corrected chi connectivity index (χ1v) is 7.74. The molecule has 1 rings (SSSR count). The van der Waals surface area contributed by atoms with Crippen molar-refractivity contribution in [1.29, 1.82) is 0 Å². The molecule has 0 aliphatic rings. The molecule has 23 heavy (non-hydrogen) atoms. The highest BCUT2D eigenvalue weighted by Gasteiger charge is 2.27. The van der Waals surface area contributed by atoms with Crippen LogP contribution in [0.1, 0.15) is 58.8 Å². The van der Waals surface area contributed by atoms with Gasteiger partial charge in [0.15, 0.2) is 0 Å². The Morgan fingerprint density at radius 3 is 2.00 bits per heavy atom. The summed E-state index contributed by atoms with van der Waals surface area (Å²) in [6.07, 6.45) is -0.731. The first-order chi connectivity index (χ1) is 9.93. The van der Waals surface area contributed by atoms with Crippen molar-refractivity contribution in [3.05, 3.63) is 35.4 Å². The molecule has 4 nitrogen and oxygen atoms in total. The number of rotatable bonds is 4. The number of aliphatic hydroxyl groups excluding tert-OH is 1. The van der Waals surface area contributed by atoms with Crippen LogP contribution in [-0.2, 0) is 10.2 Å². The average molecular weight is 343 g/mol. The predicted octanol–water partition coefficient (Wildman–Crippen LogP) is 2.93. The molecule has 0 saturated heterocycles. The monoisotopic (exact) mass is 342 g/mol. The third-order valence-electron chi connectivity index (χ3n) is 3.85. The molecule has 0 spiro atoms. The number of aliphatic hydroxyl groups is 1. The fourth-order valence-electron chi connectivity index (χ4n) is 2.02. The Morgan fingerprint density at radius 1 is 1.13 bits per heavy atom. The van der Waals surface area contributed by atoms with E-state index >= 15 is 0 Å². The molecule has 0 aromatic heterocycles. The van der Waals surface area contributed by atoms with Gasteiger partial charge in [-0.05, 0) is 22.0 Å². The van der Waals surface area contributed by atoms with Gasteiger partial charge in [-0.25, -0.2) is 0 Å². The number of hydrogen-bond donors (Lipinski definition) is 3. The lowest BCUT2D eigenvalue weighted by Crippen LogP contribution is -2.49. The first-order valence-electron chi connectivity index (χ1n) is 7.74. The fraction of sp³-hybridized carbons (Fsp3) is 0.611. The van der Waals surface area contributed by atoms with Crippen LogP contribution in [0, 0.1) is 5.41 Å². The molecule has 0 aliphatic carbocycles. The molecule has 1 aromatic rings. The van der Waals surface area contributed by atoms with Crippen LogP contribution >= 0.6 is 12.4 Å². The topological polar surface area (TPSA) is 75.3 Å². The standard InChI is InChI=1S/C18H30N2O2.ClH/c1-17(2,3)13-9-7-12(8-10-13)14(21)11-20-16(22)15(19)18(4,5)6;/h7-10,14-15,21H,11,19H2,1-6H3,(H,20,22);1H/t14?,15-;/m1./s1. The summed E-state index contributed by atoms with van der Waals surface area (Å²) >= 11 is 0. The summed E-state index contributed by atoms with van der Waals surface area (Å²) in [7, 11) is 0. The van der Waals surface area contributed by atoms with E-state index in [0.717, 1.165) is 5.56 Å². The van der Waals surface area contributed by atoms with Gasteiger partial charge < -0.3 is 16.2 Å². The maximum Gasteiger partial charge on any atom is 0.237 e. The van der Waals surface area contributed by atoms with E-state index in [0.29, 0.717) is 0 Å². The van der Waals surface area contributed by atoms with E-state index in [-0.39, 0.29) is 35.7 Å². The van der Waals surface area contributed by atoms with Crippen LogP contribution in [0.15, 0.2) is 24.3 Å². The molecule has 0 fully saturated rings. The van der Waals surface area contributed by atoms with Gasteiger partial charge >= 0.3 is 0 Å². The number of benzene rings is 1. The third-order valence-corrected chi connectivity index (χ3v) is 3.85. The highest BCUT2D eigenvalue weighted by atomic mass is 35.5. The summed E-state index contributed by atoms with van der Waals surface area (Å²) in [6, 6.07) is 7.24. The van der Waals surface area contributed by atoms with Crippen molar-refractivity contribution in [3.8, 4) is 0 Å². The Labute approximate surface area is 146 Å². The van der Waals surface area contributed by atoms with E-state index in [4.69, 9.17) is 5.73 Å². The molecule has 1 unspecified atom stereocenters. The van der Waals surface area contributed by atoms with E-state index in [9.17, 15) is 9.90 Å². The lowest BCUT2D eigenvalue weighted by Gasteiger charge is -2.26. The Morgan fingerprint density at radius 2 is 1.61 bits per heavy atom. The lowest BCUT2D eigenvalue weighted by molar-refractivity contribution is -0.125. The second kappa shape index (κ2) is 8.13. The van der Waals surface area contributed by atoms with Crippen molar-refractivity contribution in [1.82, 2.24) is 5.32 Å². The molecule has 0 aliphatic heterocycles. The molecule has 0 saturated carbocycles. The van der Waals surface area contributed by atoms with Crippen LogP contribution in [0.3, 0.4) is 0 Å². The van der Waals surface area contributed by atoms with Gasteiger partial charge in [0.25, 0.3) is 0 Å². The Bertz CT molecular complexity index is 501. The summed E-state index contributed by atoms with van der Waals surface area (Å²) in [5.74, 6) is -0.238. The van der Waals surface area contributed by atoms with Gasteiger partial charge in [0.2, 0.25) is 5.91 Å². The zero-order chi connectivity index (χ0) is 17.1. The minimum atomic E-state index is -0.731. The van der Waals surface area contributed by atoms with Crippen LogP contribution in [0.4, 0.5) is 0 Å². The Kier molecular flexibility index (Phi) is 7.74. The number of halogens is 1. The van der Waals surface area contributed by atoms with Crippen molar-refractivity contribution in [2.45, 2.75) is 59.1 Å². The third kappa shape index (κ3) is 6.50. The van der Waals surface area contributed by atoms with E-state index in [2.05, 4.69) is 26.1 Å². The predicted molar refractivity (Wildman–Crippen MR) is 97.8 cm³/mol. The van der Waals surface area contributed by atoms with Crippen LogP contribution in [0.5, 0.6) is 0 Å². The highest BCUT2D eigenvalue weighted by Crippen LogP contribution is 2.24. The normalized spacial score (nSPS) is 14.6. The van der Waals surface area contributed by atoms with E-state index in [1.165, 1.54) is 5.56 Å². The van der Waals surface area contributed by atoms with Crippen molar-refractivity contribution in [3.63, 3.8) is 0 Å². The summed E-state index contributed by atoms with van der Waals surface area (Å²) in [5, 5.41) is 12.9. The van der Waals surface area contributed by atoms with Gasteiger partial charge in [0.05, 0.1) is 12.1 Å². The number of carbonyl (C=O) groups is 1. The van der Waals surface area contributed by atoms with Gasteiger partial charge in [-0.2, -0.15) is 0 Å². The number of nitrogens with one attached hydrogen (secondary N) is 1.